The second kappa shape index (κ2) is 12.1. The summed E-state index contributed by atoms with van der Waals surface area (Å²) < 4.78 is 25.9. The lowest BCUT2D eigenvalue weighted by Gasteiger charge is -2.26. The molecule has 0 aliphatic rings. The number of hydrogen-bond acceptors (Lipinski definition) is 5. The van der Waals surface area contributed by atoms with Crippen molar-refractivity contribution in [1.29, 1.82) is 0 Å². The van der Waals surface area contributed by atoms with Crippen molar-refractivity contribution in [3.8, 4) is 0 Å². The van der Waals surface area contributed by atoms with Gasteiger partial charge >= 0.3 is 0 Å². The van der Waals surface area contributed by atoms with Crippen LogP contribution in [0.1, 0.15) is 0 Å². The van der Waals surface area contributed by atoms with Crippen LogP contribution in [0.15, 0.2) is 206 Å². The summed E-state index contributed by atoms with van der Waals surface area (Å²) >= 11 is 0. The van der Waals surface area contributed by atoms with Gasteiger partial charge in [0.2, 0.25) is 0 Å². The Morgan fingerprint density at radius 1 is 0.206 bits per heavy atom. The maximum absolute atomic E-state index is 6.58. The summed E-state index contributed by atoms with van der Waals surface area (Å²) in [6.45, 7) is 0. The van der Waals surface area contributed by atoms with Crippen molar-refractivity contribution in [3.05, 3.63) is 188 Å². The Hall–Kier alpha value is -8.54. The maximum Gasteiger partial charge on any atom is 0.139 e. The molecule has 0 spiro atoms. The zero-order chi connectivity index (χ0) is 40.9. The molecule has 11 aromatic carbocycles. The van der Waals surface area contributed by atoms with E-state index in [1.54, 1.807) is 0 Å². The Morgan fingerprint density at radius 3 is 0.905 bits per heavy atom. The third-order valence-electron chi connectivity index (χ3n) is 13.3. The number of para-hydroxylation sites is 1. The van der Waals surface area contributed by atoms with Crippen LogP contribution >= 0.6 is 0 Å². The van der Waals surface area contributed by atoms with Crippen LogP contribution in [0.5, 0.6) is 0 Å². The minimum Gasteiger partial charge on any atom is -0.456 e. The summed E-state index contributed by atoms with van der Waals surface area (Å²) in [6.07, 6.45) is 0. The molecule has 4 aromatic heterocycles. The van der Waals surface area contributed by atoms with Crippen LogP contribution < -0.4 is 4.90 Å². The first-order valence-corrected chi connectivity index (χ1v) is 21.3. The highest BCUT2D eigenvalue weighted by molar-refractivity contribution is 6.20. The normalized spacial score (nSPS) is 12.4. The third kappa shape index (κ3) is 4.82. The van der Waals surface area contributed by atoms with Gasteiger partial charge in [-0.2, -0.15) is 0 Å². The van der Waals surface area contributed by atoms with Gasteiger partial charge in [0.25, 0.3) is 0 Å². The lowest BCUT2D eigenvalue weighted by atomic mass is 10.0. The molecular formula is C58H31NO4. The summed E-state index contributed by atoms with van der Waals surface area (Å²) in [5.41, 5.74) is 9.90. The van der Waals surface area contributed by atoms with Gasteiger partial charge < -0.3 is 22.6 Å². The fourth-order valence-corrected chi connectivity index (χ4v) is 10.2. The number of furan rings is 4. The molecule has 15 aromatic rings. The Balaban J connectivity index is 0.847. The van der Waals surface area contributed by atoms with Crippen molar-refractivity contribution in [2.75, 3.05) is 4.90 Å². The number of anilines is 3. The molecule has 0 saturated heterocycles. The van der Waals surface area contributed by atoms with Gasteiger partial charge in [-0.15, -0.1) is 0 Å². The van der Waals surface area contributed by atoms with Crippen molar-refractivity contribution in [2.24, 2.45) is 0 Å². The smallest absolute Gasteiger partial charge is 0.139 e. The predicted molar refractivity (Wildman–Crippen MR) is 260 cm³/mol. The van der Waals surface area contributed by atoms with E-state index in [1.807, 2.05) is 12.1 Å². The van der Waals surface area contributed by atoms with Crippen molar-refractivity contribution >= 4 is 148 Å². The molecule has 0 fully saturated rings. The average molecular weight is 806 g/mol. The summed E-state index contributed by atoms with van der Waals surface area (Å²) in [7, 11) is 0. The van der Waals surface area contributed by atoms with E-state index < -0.39 is 0 Å². The predicted octanol–water partition coefficient (Wildman–Crippen LogP) is 17.4. The highest BCUT2D eigenvalue weighted by Gasteiger charge is 2.19. The van der Waals surface area contributed by atoms with E-state index in [0.29, 0.717) is 0 Å². The molecule has 0 atom stereocenters. The third-order valence-corrected chi connectivity index (χ3v) is 13.3. The molecule has 0 bridgehead atoms. The molecule has 63 heavy (non-hydrogen) atoms. The monoisotopic (exact) mass is 805 g/mol. The van der Waals surface area contributed by atoms with Gasteiger partial charge in [0.1, 0.15) is 44.7 Å². The number of rotatable bonds is 3. The molecule has 0 aliphatic carbocycles. The molecule has 0 aliphatic heterocycles. The minimum absolute atomic E-state index is 0.814. The summed E-state index contributed by atoms with van der Waals surface area (Å²) in [4.78, 5) is 2.32. The zero-order valence-corrected chi connectivity index (χ0v) is 33.5. The molecule has 0 amide bonds. The topological polar surface area (TPSA) is 55.8 Å². The number of hydrogen-bond donors (Lipinski definition) is 0. The Morgan fingerprint density at radius 2 is 0.508 bits per heavy atom. The van der Waals surface area contributed by atoms with Crippen molar-refractivity contribution in [1.82, 2.24) is 0 Å². The van der Waals surface area contributed by atoms with Crippen LogP contribution in [0, 0.1) is 0 Å². The van der Waals surface area contributed by atoms with Gasteiger partial charge in [0.05, 0.1) is 0 Å². The molecule has 5 nitrogen and oxygen atoms in total. The maximum atomic E-state index is 6.58. The first kappa shape index (κ1) is 33.2. The lowest BCUT2D eigenvalue weighted by Crippen LogP contribution is -2.09. The van der Waals surface area contributed by atoms with Crippen LogP contribution in [-0.2, 0) is 0 Å². The fraction of sp³-hybridized carbons (Fsp3) is 0. The van der Waals surface area contributed by atoms with E-state index in [4.69, 9.17) is 17.7 Å². The average Bonchev–Trinajstić information content (AvgIpc) is 4.05. The van der Waals surface area contributed by atoms with E-state index in [2.05, 4.69) is 181 Å². The largest absolute Gasteiger partial charge is 0.456 e. The van der Waals surface area contributed by atoms with E-state index >= 15 is 0 Å². The van der Waals surface area contributed by atoms with Crippen LogP contribution in [0.4, 0.5) is 17.1 Å². The van der Waals surface area contributed by atoms with Gasteiger partial charge in [-0.1, -0.05) is 78.9 Å². The molecule has 5 heteroatoms. The fourth-order valence-electron chi connectivity index (χ4n) is 10.2. The zero-order valence-electron chi connectivity index (χ0n) is 33.5. The van der Waals surface area contributed by atoms with Crippen molar-refractivity contribution in [3.63, 3.8) is 0 Å². The van der Waals surface area contributed by atoms with Gasteiger partial charge in [0, 0.05) is 72.3 Å². The minimum atomic E-state index is 0.814. The SMILES string of the molecule is c1ccc(N(c2ccc3cc4c(cc3c2)oc2cc3oc5cc6ccccc6cc5c3cc24)c2ccc3cc4c(cc3c2)oc2cc3oc5cc6ccccc6cc5c3cc24)cc1. The van der Waals surface area contributed by atoms with E-state index in [1.165, 1.54) is 21.5 Å². The highest BCUT2D eigenvalue weighted by Crippen LogP contribution is 2.44. The standard InChI is InChI=1S/C58H31NO4/c1-2-12-40(13-3-1)59(41-16-14-36-22-45-49-28-47-43-20-32-8-4-6-10-34(32)24-51(43)60-55(47)30-57(49)62-53(45)26-38(36)18-41)42-17-15-37-23-46-50-29-48-44-21-33-9-5-7-11-35(33)25-52(44)61-56(48)31-58(50)63-54(46)27-39(37)19-42/h1-31H. The van der Waals surface area contributed by atoms with E-state index in [9.17, 15) is 0 Å². The van der Waals surface area contributed by atoms with Crippen LogP contribution in [0.3, 0.4) is 0 Å². The van der Waals surface area contributed by atoms with Gasteiger partial charge in [-0.25, -0.2) is 0 Å². The van der Waals surface area contributed by atoms with Gasteiger partial charge in [-0.05, 0) is 140 Å². The van der Waals surface area contributed by atoms with Crippen LogP contribution in [0.25, 0.3) is 131 Å². The molecule has 0 saturated carbocycles. The number of nitrogens with zero attached hydrogens (tertiary/aromatic N) is 1. The number of fused-ring (bicyclic) bond motifs is 16. The summed E-state index contributed by atoms with van der Waals surface area (Å²) in [5.74, 6) is 0. The summed E-state index contributed by atoms with van der Waals surface area (Å²) in [5, 5.41) is 17.9. The molecular weight excluding hydrogens is 775 g/mol. The molecule has 0 radical (unpaired) electrons. The summed E-state index contributed by atoms with van der Waals surface area (Å²) in [6, 6.07) is 66.9. The molecule has 0 unspecified atom stereocenters. The van der Waals surface area contributed by atoms with Crippen LogP contribution in [0.2, 0.25) is 0 Å². The first-order valence-electron chi connectivity index (χ1n) is 21.3. The van der Waals surface area contributed by atoms with Crippen molar-refractivity contribution < 1.29 is 17.7 Å². The Bertz CT molecular complexity index is 4180. The highest BCUT2D eigenvalue weighted by atomic mass is 16.3. The molecule has 4 heterocycles. The van der Waals surface area contributed by atoms with Crippen LogP contribution in [-0.4, -0.2) is 0 Å². The molecule has 292 valence electrons. The van der Waals surface area contributed by atoms with Gasteiger partial charge in [-0.3, -0.25) is 0 Å². The second-order valence-electron chi connectivity index (χ2n) is 16.9. The first-order chi connectivity index (χ1) is 31.1. The number of benzene rings is 11. The Kier molecular flexibility index (Phi) is 6.36. The molecule has 15 rings (SSSR count). The van der Waals surface area contributed by atoms with E-state index in [0.717, 1.165) is 126 Å². The molecule has 0 N–H and O–H groups in total. The van der Waals surface area contributed by atoms with Gasteiger partial charge in [0.15, 0.2) is 0 Å². The second-order valence-corrected chi connectivity index (χ2v) is 16.9. The quantitative estimate of drug-likeness (QED) is 0.178. The Labute approximate surface area is 357 Å². The lowest BCUT2D eigenvalue weighted by molar-refractivity contribution is 0.656. The van der Waals surface area contributed by atoms with E-state index in [-0.39, 0.29) is 0 Å². The van der Waals surface area contributed by atoms with Crippen molar-refractivity contribution in [2.45, 2.75) is 0 Å².